The molecule has 20 heavy (non-hydrogen) atoms. The summed E-state index contributed by atoms with van der Waals surface area (Å²) in [6.07, 6.45) is 0. The van der Waals surface area contributed by atoms with E-state index in [1.807, 2.05) is 0 Å². The second-order valence-corrected chi connectivity index (χ2v) is 3.73. The van der Waals surface area contributed by atoms with Gasteiger partial charge < -0.3 is 20.8 Å². The lowest BCUT2D eigenvalue weighted by molar-refractivity contribution is -0.136. The molecule has 0 spiro atoms. The smallest absolute Gasteiger partial charge is 0.322 e. The van der Waals surface area contributed by atoms with Crippen LogP contribution in [0, 0.1) is 0 Å². The lowest BCUT2D eigenvalue weighted by Crippen LogP contribution is -2.31. The molecule has 0 aromatic heterocycles. The molecule has 0 saturated heterocycles. The first kappa shape index (κ1) is 15.2. The van der Waals surface area contributed by atoms with E-state index in [0.29, 0.717) is 0 Å². The number of aliphatic carboxylic acids is 2. The highest BCUT2D eigenvalue weighted by Crippen LogP contribution is 2.05. The van der Waals surface area contributed by atoms with Gasteiger partial charge in [-0.2, -0.15) is 0 Å². The summed E-state index contributed by atoms with van der Waals surface area (Å²) in [5, 5.41) is 21.2. The first-order valence-electron chi connectivity index (χ1n) is 5.50. The molecule has 0 saturated carbocycles. The lowest BCUT2D eigenvalue weighted by Gasteiger charge is -2.05. The van der Waals surface area contributed by atoms with Crippen LogP contribution in [0.25, 0.3) is 0 Å². The third-order valence-electron chi connectivity index (χ3n) is 2.19. The fourth-order valence-corrected chi connectivity index (χ4v) is 1.32. The van der Waals surface area contributed by atoms with E-state index in [1.165, 1.54) is 24.3 Å². The predicted octanol–water partition coefficient (Wildman–Crippen LogP) is -0.685. The third kappa shape index (κ3) is 4.77. The van der Waals surface area contributed by atoms with Crippen LogP contribution in [0.4, 0.5) is 0 Å². The minimum atomic E-state index is -1.19. The quantitative estimate of drug-likeness (QED) is 0.545. The summed E-state index contributed by atoms with van der Waals surface area (Å²) in [6, 6.07) is 5.50. The Morgan fingerprint density at radius 2 is 1.25 bits per heavy atom. The van der Waals surface area contributed by atoms with Crippen molar-refractivity contribution in [3.63, 3.8) is 0 Å². The molecule has 0 bridgehead atoms. The molecule has 0 aliphatic carbocycles. The Labute approximate surface area is 113 Å². The zero-order valence-electron chi connectivity index (χ0n) is 10.3. The van der Waals surface area contributed by atoms with E-state index in [0.717, 1.165) is 0 Å². The average Bonchev–Trinajstić information content (AvgIpc) is 2.42. The van der Waals surface area contributed by atoms with Gasteiger partial charge in [0.15, 0.2) is 0 Å². The summed E-state index contributed by atoms with van der Waals surface area (Å²) in [4.78, 5) is 43.8. The van der Waals surface area contributed by atoms with Crippen molar-refractivity contribution in [3.8, 4) is 0 Å². The van der Waals surface area contributed by atoms with Crippen LogP contribution >= 0.6 is 0 Å². The summed E-state index contributed by atoms with van der Waals surface area (Å²) in [7, 11) is 0. The Morgan fingerprint density at radius 3 is 1.60 bits per heavy atom. The third-order valence-corrected chi connectivity index (χ3v) is 2.19. The maximum absolute atomic E-state index is 11.6. The number of nitrogens with one attached hydrogen (secondary N) is 2. The van der Waals surface area contributed by atoms with Gasteiger partial charge in [0.2, 0.25) is 0 Å². The van der Waals surface area contributed by atoms with Gasteiger partial charge in [-0.1, -0.05) is 6.07 Å². The van der Waals surface area contributed by atoms with Gasteiger partial charge in [0.05, 0.1) is 0 Å². The minimum absolute atomic E-state index is 0.106. The maximum atomic E-state index is 11.6. The van der Waals surface area contributed by atoms with E-state index >= 15 is 0 Å². The summed E-state index contributed by atoms with van der Waals surface area (Å²) in [5.74, 6) is -3.65. The topological polar surface area (TPSA) is 133 Å². The molecule has 0 fully saturated rings. The SMILES string of the molecule is O=C(O)CNC(=O)c1cccc(C(=O)NCC(=O)O)c1. The van der Waals surface area contributed by atoms with Crippen molar-refractivity contribution in [2.75, 3.05) is 13.1 Å². The summed E-state index contributed by atoms with van der Waals surface area (Å²) in [6.45, 7) is -1.07. The van der Waals surface area contributed by atoms with Gasteiger partial charge in [0.25, 0.3) is 11.8 Å². The summed E-state index contributed by atoms with van der Waals surface area (Å²) < 4.78 is 0. The zero-order valence-corrected chi connectivity index (χ0v) is 10.3. The Hall–Kier alpha value is -2.90. The predicted molar refractivity (Wildman–Crippen MR) is 66.4 cm³/mol. The molecule has 0 atom stereocenters. The molecule has 2 amide bonds. The molecule has 0 aliphatic rings. The number of benzene rings is 1. The van der Waals surface area contributed by atoms with E-state index < -0.39 is 36.8 Å². The normalized spacial score (nSPS) is 9.60. The minimum Gasteiger partial charge on any atom is -0.480 e. The standard InChI is InChI=1S/C12H12N2O6/c15-9(16)5-13-11(19)7-2-1-3-8(4-7)12(20)14-6-10(17)18/h1-4H,5-6H2,(H,13,19)(H,14,20)(H,15,16)(H,17,18). The van der Waals surface area contributed by atoms with Gasteiger partial charge in [-0.25, -0.2) is 0 Å². The number of amides is 2. The molecule has 1 aromatic rings. The van der Waals surface area contributed by atoms with Gasteiger partial charge in [0, 0.05) is 11.1 Å². The van der Waals surface area contributed by atoms with Gasteiger partial charge in [-0.3, -0.25) is 19.2 Å². The fraction of sp³-hybridized carbons (Fsp3) is 0.167. The number of carboxylic acid groups (broad SMARTS) is 2. The van der Waals surface area contributed by atoms with Gasteiger partial charge in [0.1, 0.15) is 13.1 Å². The summed E-state index contributed by atoms with van der Waals surface area (Å²) in [5.41, 5.74) is 0.212. The molecule has 1 aromatic carbocycles. The molecule has 1 rings (SSSR count). The first-order valence-corrected chi connectivity index (χ1v) is 5.50. The fourth-order valence-electron chi connectivity index (χ4n) is 1.32. The van der Waals surface area contributed by atoms with Crippen LogP contribution in [0.15, 0.2) is 24.3 Å². The molecule has 0 radical (unpaired) electrons. The van der Waals surface area contributed by atoms with Crippen molar-refractivity contribution in [1.29, 1.82) is 0 Å². The van der Waals surface area contributed by atoms with Crippen molar-refractivity contribution >= 4 is 23.8 Å². The number of hydrogen-bond donors (Lipinski definition) is 4. The van der Waals surface area contributed by atoms with Crippen LogP contribution in [0.2, 0.25) is 0 Å². The molecule has 4 N–H and O–H groups in total. The molecule has 0 unspecified atom stereocenters. The highest BCUT2D eigenvalue weighted by molar-refractivity contribution is 6.00. The van der Waals surface area contributed by atoms with Crippen molar-refractivity contribution in [2.24, 2.45) is 0 Å². The van der Waals surface area contributed by atoms with Gasteiger partial charge in [-0.05, 0) is 18.2 Å². The monoisotopic (exact) mass is 280 g/mol. The number of carbonyl (C=O) groups excluding carboxylic acids is 2. The van der Waals surface area contributed by atoms with E-state index in [-0.39, 0.29) is 11.1 Å². The largest absolute Gasteiger partial charge is 0.480 e. The molecule has 106 valence electrons. The Bertz CT molecular complexity index is 509. The van der Waals surface area contributed by atoms with Crippen molar-refractivity contribution in [1.82, 2.24) is 10.6 Å². The zero-order chi connectivity index (χ0) is 15.1. The van der Waals surface area contributed by atoms with Crippen LogP contribution in [0.1, 0.15) is 20.7 Å². The van der Waals surface area contributed by atoms with Crippen LogP contribution in [-0.2, 0) is 9.59 Å². The number of rotatable bonds is 6. The first-order chi connectivity index (χ1) is 9.40. The Balaban J connectivity index is 2.74. The summed E-state index contributed by atoms with van der Waals surface area (Å²) >= 11 is 0. The van der Waals surface area contributed by atoms with Crippen molar-refractivity contribution in [2.45, 2.75) is 0 Å². The molecule has 8 heteroatoms. The van der Waals surface area contributed by atoms with E-state index in [2.05, 4.69) is 10.6 Å². The Morgan fingerprint density at radius 1 is 0.850 bits per heavy atom. The molecular formula is C12H12N2O6. The molecule has 0 aliphatic heterocycles. The van der Waals surface area contributed by atoms with E-state index in [4.69, 9.17) is 10.2 Å². The van der Waals surface area contributed by atoms with E-state index in [9.17, 15) is 19.2 Å². The molecule has 8 nitrogen and oxygen atoms in total. The second kappa shape index (κ2) is 6.88. The number of carbonyl (C=O) groups is 4. The second-order valence-electron chi connectivity index (χ2n) is 3.73. The molecular weight excluding hydrogens is 268 g/mol. The Kier molecular flexibility index (Phi) is 5.21. The van der Waals surface area contributed by atoms with Crippen molar-refractivity contribution in [3.05, 3.63) is 35.4 Å². The molecule has 0 heterocycles. The maximum Gasteiger partial charge on any atom is 0.322 e. The van der Waals surface area contributed by atoms with Crippen molar-refractivity contribution < 1.29 is 29.4 Å². The van der Waals surface area contributed by atoms with Gasteiger partial charge in [-0.15, -0.1) is 0 Å². The van der Waals surface area contributed by atoms with Crippen LogP contribution < -0.4 is 10.6 Å². The van der Waals surface area contributed by atoms with Gasteiger partial charge >= 0.3 is 11.9 Å². The van der Waals surface area contributed by atoms with E-state index in [1.54, 1.807) is 0 Å². The lowest BCUT2D eigenvalue weighted by atomic mass is 10.1. The number of hydrogen-bond acceptors (Lipinski definition) is 4. The van der Waals surface area contributed by atoms with Crippen LogP contribution in [0.3, 0.4) is 0 Å². The average molecular weight is 280 g/mol. The van der Waals surface area contributed by atoms with Crippen LogP contribution in [-0.4, -0.2) is 47.1 Å². The highest BCUT2D eigenvalue weighted by Gasteiger charge is 2.11. The van der Waals surface area contributed by atoms with Crippen LogP contribution in [0.5, 0.6) is 0 Å². The number of carboxylic acids is 2. The highest BCUT2D eigenvalue weighted by atomic mass is 16.4.